The molecule has 0 aliphatic carbocycles. The number of nitrogens with one attached hydrogen (secondary N) is 1. The van der Waals surface area contributed by atoms with Crippen molar-refractivity contribution in [2.75, 3.05) is 25.5 Å². The molecule has 0 radical (unpaired) electrons. The van der Waals surface area contributed by atoms with Crippen molar-refractivity contribution < 1.29 is 4.92 Å². The van der Waals surface area contributed by atoms with Gasteiger partial charge in [-0.25, -0.2) is 0 Å². The molecule has 2 rings (SSSR count). The number of likely N-dealkylation sites (tertiary alicyclic amines) is 1. The van der Waals surface area contributed by atoms with E-state index in [9.17, 15) is 10.1 Å². The van der Waals surface area contributed by atoms with Crippen molar-refractivity contribution >= 4 is 11.4 Å². The van der Waals surface area contributed by atoms with Crippen LogP contribution in [-0.2, 0) is 0 Å². The lowest BCUT2D eigenvalue weighted by Crippen LogP contribution is -2.37. The van der Waals surface area contributed by atoms with Gasteiger partial charge < -0.3 is 10.2 Å². The summed E-state index contributed by atoms with van der Waals surface area (Å²) in [7, 11) is 2.14. The molecule has 1 saturated heterocycles. The Morgan fingerprint density at radius 1 is 1.29 bits per heavy atom. The van der Waals surface area contributed by atoms with E-state index < -0.39 is 0 Å². The first-order valence-electron chi connectivity index (χ1n) is 7.59. The fourth-order valence-electron chi connectivity index (χ4n) is 2.96. The highest BCUT2D eigenvalue weighted by atomic mass is 16.6. The van der Waals surface area contributed by atoms with Crippen LogP contribution in [0.4, 0.5) is 11.4 Å². The first-order valence-corrected chi connectivity index (χ1v) is 7.59. The van der Waals surface area contributed by atoms with E-state index in [1.54, 1.807) is 6.07 Å². The van der Waals surface area contributed by atoms with E-state index in [4.69, 9.17) is 0 Å². The summed E-state index contributed by atoms with van der Waals surface area (Å²) < 4.78 is 0. The van der Waals surface area contributed by atoms with Crippen LogP contribution in [0.2, 0.25) is 0 Å². The highest BCUT2D eigenvalue weighted by molar-refractivity contribution is 5.64. The average molecular weight is 291 g/mol. The van der Waals surface area contributed by atoms with Crippen molar-refractivity contribution in [2.24, 2.45) is 5.92 Å². The van der Waals surface area contributed by atoms with Gasteiger partial charge in [0.25, 0.3) is 5.69 Å². The van der Waals surface area contributed by atoms with Crippen LogP contribution < -0.4 is 5.32 Å². The third kappa shape index (κ3) is 3.73. The van der Waals surface area contributed by atoms with Crippen molar-refractivity contribution in [1.82, 2.24) is 4.90 Å². The van der Waals surface area contributed by atoms with Crippen LogP contribution in [0.15, 0.2) is 12.1 Å². The first kappa shape index (κ1) is 15.8. The summed E-state index contributed by atoms with van der Waals surface area (Å²) in [6.45, 7) is 8.24. The third-order valence-electron chi connectivity index (χ3n) is 4.66. The lowest BCUT2D eigenvalue weighted by atomic mass is 9.90. The van der Waals surface area contributed by atoms with Crippen LogP contribution in [0, 0.1) is 29.9 Å². The minimum Gasteiger partial charge on any atom is -0.377 e. The minimum atomic E-state index is -0.295. The largest absolute Gasteiger partial charge is 0.377 e. The molecular formula is C16H25N3O2. The molecule has 0 amide bonds. The number of anilines is 1. The second kappa shape index (κ2) is 6.43. The van der Waals surface area contributed by atoms with Gasteiger partial charge in [-0.3, -0.25) is 10.1 Å². The molecule has 0 saturated carbocycles. The molecule has 1 aromatic rings. The summed E-state index contributed by atoms with van der Waals surface area (Å²) in [5.74, 6) is 0.572. The van der Waals surface area contributed by atoms with Crippen LogP contribution >= 0.6 is 0 Å². The monoisotopic (exact) mass is 291 g/mol. The number of rotatable bonds is 4. The van der Waals surface area contributed by atoms with Gasteiger partial charge in [0.15, 0.2) is 0 Å². The normalized spacial score (nSPS) is 18.5. The number of hydrogen-bond donors (Lipinski definition) is 1. The number of aryl methyl sites for hydroxylation is 2. The molecule has 0 aromatic heterocycles. The molecule has 21 heavy (non-hydrogen) atoms. The number of piperidine rings is 1. The van der Waals surface area contributed by atoms with Crippen LogP contribution in [0.3, 0.4) is 0 Å². The summed E-state index contributed by atoms with van der Waals surface area (Å²) in [5.41, 5.74) is 2.87. The molecule has 1 heterocycles. The average Bonchev–Trinajstić information content (AvgIpc) is 2.43. The van der Waals surface area contributed by atoms with Crippen molar-refractivity contribution in [1.29, 1.82) is 0 Å². The van der Waals surface area contributed by atoms with Gasteiger partial charge in [-0.1, -0.05) is 0 Å². The summed E-state index contributed by atoms with van der Waals surface area (Å²) in [6.07, 6.45) is 2.28. The van der Waals surface area contributed by atoms with Crippen LogP contribution in [0.5, 0.6) is 0 Å². The molecule has 5 nitrogen and oxygen atoms in total. The quantitative estimate of drug-likeness (QED) is 0.682. The predicted molar refractivity (Wildman–Crippen MR) is 85.9 cm³/mol. The van der Waals surface area contributed by atoms with Crippen LogP contribution in [-0.4, -0.2) is 36.0 Å². The molecular weight excluding hydrogens is 266 g/mol. The molecule has 1 aliphatic rings. The maximum absolute atomic E-state index is 11.2. The Hall–Kier alpha value is -1.62. The van der Waals surface area contributed by atoms with E-state index in [0.29, 0.717) is 11.6 Å². The van der Waals surface area contributed by atoms with E-state index in [1.807, 2.05) is 19.9 Å². The molecule has 5 heteroatoms. The molecule has 0 spiro atoms. The van der Waals surface area contributed by atoms with Gasteiger partial charge in [-0.05, 0) is 76.9 Å². The Balaban J connectivity index is 2.14. The zero-order valence-corrected chi connectivity index (χ0v) is 13.3. The van der Waals surface area contributed by atoms with Crippen molar-refractivity contribution in [2.45, 2.75) is 39.7 Å². The Kier molecular flexibility index (Phi) is 4.83. The van der Waals surface area contributed by atoms with Gasteiger partial charge in [0.05, 0.1) is 4.92 Å². The first-order chi connectivity index (χ1) is 9.88. The Morgan fingerprint density at radius 2 is 1.86 bits per heavy atom. The van der Waals surface area contributed by atoms with Crippen molar-refractivity contribution in [3.05, 3.63) is 33.4 Å². The van der Waals surface area contributed by atoms with Gasteiger partial charge in [-0.2, -0.15) is 0 Å². The Bertz CT molecular complexity index is 522. The Morgan fingerprint density at radius 3 is 2.43 bits per heavy atom. The molecule has 1 fully saturated rings. The van der Waals surface area contributed by atoms with Gasteiger partial charge in [-0.15, -0.1) is 0 Å². The molecule has 0 bridgehead atoms. The highest BCUT2D eigenvalue weighted by Crippen LogP contribution is 2.30. The Labute approximate surface area is 126 Å². The second-order valence-corrected chi connectivity index (χ2v) is 6.28. The van der Waals surface area contributed by atoms with Gasteiger partial charge in [0, 0.05) is 12.1 Å². The maximum Gasteiger partial charge on any atom is 0.292 e. The minimum absolute atomic E-state index is 0.179. The summed E-state index contributed by atoms with van der Waals surface area (Å²) in [5, 5.41) is 14.6. The lowest BCUT2D eigenvalue weighted by molar-refractivity contribution is -0.384. The van der Waals surface area contributed by atoms with E-state index in [-0.39, 0.29) is 16.7 Å². The highest BCUT2D eigenvalue weighted by Gasteiger charge is 2.24. The lowest BCUT2D eigenvalue weighted by Gasteiger charge is -2.33. The maximum atomic E-state index is 11.2. The van der Waals surface area contributed by atoms with Gasteiger partial charge in [0.2, 0.25) is 0 Å². The molecule has 1 N–H and O–H groups in total. The number of nitro groups is 1. The van der Waals surface area contributed by atoms with E-state index in [0.717, 1.165) is 37.1 Å². The van der Waals surface area contributed by atoms with Gasteiger partial charge >= 0.3 is 0 Å². The summed E-state index contributed by atoms with van der Waals surface area (Å²) in [6, 6.07) is 3.82. The van der Waals surface area contributed by atoms with Gasteiger partial charge in [0.1, 0.15) is 5.69 Å². The number of hydrogen-bond acceptors (Lipinski definition) is 4. The zero-order valence-electron chi connectivity index (χ0n) is 13.3. The zero-order chi connectivity index (χ0) is 15.6. The summed E-state index contributed by atoms with van der Waals surface area (Å²) in [4.78, 5) is 13.3. The topological polar surface area (TPSA) is 58.4 Å². The van der Waals surface area contributed by atoms with E-state index >= 15 is 0 Å². The molecule has 116 valence electrons. The number of benzene rings is 1. The second-order valence-electron chi connectivity index (χ2n) is 6.28. The van der Waals surface area contributed by atoms with E-state index in [1.165, 1.54) is 0 Å². The SMILES string of the molecule is Cc1cc(NC(C)C2CCN(C)CC2)c([N+](=O)[O-])cc1C. The fraction of sp³-hybridized carbons (Fsp3) is 0.625. The smallest absolute Gasteiger partial charge is 0.292 e. The molecule has 1 aliphatic heterocycles. The van der Waals surface area contributed by atoms with Crippen molar-refractivity contribution in [3.8, 4) is 0 Å². The number of nitrogens with zero attached hydrogens (tertiary/aromatic N) is 2. The number of nitro benzene ring substituents is 1. The van der Waals surface area contributed by atoms with Crippen molar-refractivity contribution in [3.63, 3.8) is 0 Å². The van der Waals surface area contributed by atoms with Crippen LogP contribution in [0.1, 0.15) is 30.9 Å². The third-order valence-corrected chi connectivity index (χ3v) is 4.66. The molecule has 1 atom stereocenters. The molecule has 1 aromatic carbocycles. The van der Waals surface area contributed by atoms with Crippen LogP contribution in [0.25, 0.3) is 0 Å². The van der Waals surface area contributed by atoms with E-state index in [2.05, 4.69) is 24.2 Å². The summed E-state index contributed by atoms with van der Waals surface area (Å²) >= 11 is 0. The standard InChI is InChI=1S/C16H25N3O2/c1-11-9-15(16(19(20)21)10-12(11)2)17-13(3)14-5-7-18(4)8-6-14/h9-10,13-14,17H,5-8H2,1-4H3. The predicted octanol–water partition coefficient (Wildman–Crippen LogP) is 3.35. The molecule has 1 unspecified atom stereocenters. The fourth-order valence-corrected chi connectivity index (χ4v) is 2.96.